The lowest BCUT2D eigenvalue weighted by atomic mass is 10.0. The number of hydrogen-bond acceptors (Lipinski definition) is 0. The minimum atomic E-state index is -0.0839. The Morgan fingerprint density at radius 3 is 2.21 bits per heavy atom. The van der Waals surface area contributed by atoms with E-state index in [4.69, 9.17) is 0 Å². The number of halogens is 1. The summed E-state index contributed by atoms with van der Waals surface area (Å²) in [4.78, 5) is 0. The zero-order valence-corrected chi connectivity index (χ0v) is 9.69. The van der Waals surface area contributed by atoms with Gasteiger partial charge in [0, 0.05) is 5.92 Å². The first-order valence-corrected chi connectivity index (χ1v) is 5.23. The number of allylic oxidation sites excluding steroid dienone is 6. The Labute approximate surface area is 86.2 Å². The Morgan fingerprint density at radius 2 is 1.93 bits per heavy atom. The molecule has 1 atom stereocenters. The predicted molar refractivity (Wildman–Crippen MR) is 59.7 cm³/mol. The van der Waals surface area contributed by atoms with E-state index in [0.717, 1.165) is 5.57 Å². The first kappa shape index (κ1) is 11.2. The molecule has 0 radical (unpaired) electrons. The standard InChI is InChI=1S/C13H19F/c1-6-13(14)11(8(2)3)7-12-9(4)10(12)5/h6-9H,1-5H3/b11-7-,13-6+. The van der Waals surface area contributed by atoms with Crippen LogP contribution in [0, 0.1) is 11.8 Å². The molecule has 1 aliphatic rings. The number of rotatable bonds is 3. The molecule has 0 fully saturated rings. The van der Waals surface area contributed by atoms with Crippen molar-refractivity contribution < 1.29 is 4.39 Å². The molecular weight excluding hydrogens is 175 g/mol. The van der Waals surface area contributed by atoms with E-state index in [9.17, 15) is 4.39 Å². The molecule has 1 heteroatoms. The van der Waals surface area contributed by atoms with Crippen LogP contribution < -0.4 is 0 Å². The summed E-state index contributed by atoms with van der Waals surface area (Å²) in [6.07, 6.45) is 3.55. The highest BCUT2D eigenvalue weighted by atomic mass is 19.1. The van der Waals surface area contributed by atoms with Crippen molar-refractivity contribution in [2.75, 3.05) is 0 Å². The second-order valence-electron chi connectivity index (χ2n) is 4.25. The van der Waals surface area contributed by atoms with E-state index >= 15 is 0 Å². The van der Waals surface area contributed by atoms with Crippen LogP contribution in [0.2, 0.25) is 0 Å². The Morgan fingerprint density at radius 1 is 1.43 bits per heavy atom. The van der Waals surface area contributed by atoms with Crippen LogP contribution in [0.25, 0.3) is 0 Å². The molecule has 1 unspecified atom stereocenters. The van der Waals surface area contributed by atoms with Gasteiger partial charge in [-0.25, -0.2) is 4.39 Å². The molecule has 0 N–H and O–H groups in total. The van der Waals surface area contributed by atoms with Crippen molar-refractivity contribution in [2.24, 2.45) is 11.8 Å². The van der Waals surface area contributed by atoms with E-state index in [0.29, 0.717) is 5.92 Å². The van der Waals surface area contributed by atoms with Crippen LogP contribution in [-0.4, -0.2) is 0 Å². The quantitative estimate of drug-likeness (QED) is 0.584. The highest BCUT2D eigenvalue weighted by molar-refractivity contribution is 5.50. The topological polar surface area (TPSA) is 0 Å². The summed E-state index contributed by atoms with van der Waals surface area (Å²) < 4.78 is 13.5. The van der Waals surface area contributed by atoms with Gasteiger partial charge in [-0.2, -0.15) is 0 Å². The zero-order chi connectivity index (χ0) is 10.9. The third-order valence-corrected chi connectivity index (χ3v) is 2.95. The van der Waals surface area contributed by atoms with Gasteiger partial charge in [-0.1, -0.05) is 38.5 Å². The van der Waals surface area contributed by atoms with Crippen LogP contribution in [-0.2, 0) is 0 Å². The molecule has 1 rings (SSSR count). The Bertz CT molecular complexity index is 316. The van der Waals surface area contributed by atoms with Crippen LogP contribution in [0.4, 0.5) is 4.39 Å². The van der Waals surface area contributed by atoms with Gasteiger partial charge in [0.15, 0.2) is 0 Å². The Hall–Kier alpha value is -0.850. The fourth-order valence-electron chi connectivity index (χ4n) is 1.59. The first-order valence-electron chi connectivity index (χ1n) is 5.23. The summed E-state index contributed by atoms with van der Waals surface area (Å²) in [5.74, 6) is 0.729. The summed E-state index contributed by atoms with van der Waals surface area (Å²) >= 11 is 0. The highest BCUT2D eigenvalue weighted by Crippen LogP contribution is 2.41. The Kier molecular flexibility index (Phi) is 3.30. The average molecular weight is 194 g/mol. The molecule has 0 nitrogen and oxygen atoms in total. The second-order valence-corrected chi connectivity index (χ2v) is 4.25. The lowest BCUT2D eigenvalue weighted by Crippen LogP contribution is -1.94. The van der Waals surface area contributed by atoms with Crippen molar-refractivity contribution >= 4 is 0 Å². The molecule has 0 heterocycles. The van der Waals surface area contributed by atoms with E-state index in [1.165, 1.54) is 17.2 Å². The molecule has 0 saturated carbocycles. The van der Waals surface area contributed by atoms with Crippen LogP contribution in [0.3, 0.4) is 0 Å². The molecule has 78 valence electrons. The van der Waals surface area contributed by atoms with Gasteiger partial charge < -0.3 is 0 Å². The fraction of sp³-hybridized carbons (Fsp3) is 0.538. The highest BCUT2D eigenvalue weighted by Gasteiger charge is 2.26. The monoisotopic (exact) mass is 194 g/mol. The summed E-state index contributed by atoms with van der Waals surface area (Å²) in [6.45, 7) is 10.1. The molecule has 0 amide bonds. The third kappa shape index (κ3) is 2.14. The lowest BCUT2D eigenvalue weighted by Gasteiger charge is -2.08. The molecule has 0 bridgehead atoms. The maximum Gasteiger partial charge on any atom is 0.122 e. The van der Waals surface area contributed by atoms with Gasteiger partial charge >= 0.3 is 0 Å². The van der Waals surface area contributed by atoms with Crippen LogP contribution in [0.15, 0.2) is 34.7 Å². The molecule has 0 aliphatic heterocycles. The van der Waals surface area contributed by atoms with Crippen molar-refractivity contribution in [2.45, 2.75) is 34.6 Å². The van der Waals surface area contributed by atoms with E-state index < -0.39 is 0 Å². The molecule has 0 aromatic rings. The third-order valence-electron chi connectivity index (χ3n) is 2.95. The summed E-state index contributed by atoms with van der Waals surface area (Å²) in [7, 11) is 0. The van der Waals surface area contributed by atoms with Gasteiger partial charge in [-0.3, -0.25) is 0 Å². The maximum absolute atomic E-state index is 13.5. The predicted octanol–water partition coefficient (Wildman–Crippen LogP) is 4.41. The molecule has 0 aromatic heterocycles. The van der Waals surface area contributed by atoms with Crippen LogP contribution in [0.5, 0.6) is 0 Å². The van der Waals surface area contributed by atoms with Gasteiger partial charge in [0.1, 0.15) is 5.83 Å². The van der Waals surface area contributed by atoms with E-state index in [1.54, 1.807) is 6.92 Å². The normalized spacial score (nSPS) is 23.5. The minimum absolute atomic E-state index is 0.0839. The summed E-state index contributed by atoms with van der Waals surface area (Å²) in [5, 5.41) is 0. The smallest absolute Gasteiger partial charge is 0.122 e. The van der Waals surface area contributed by atoms with Crippen LogP contribution in [0.1, 0.15) is 34.6 Å². The van der Waals surface area contributed by atoms with Gasteiger partial charge in [0.2, 0.25) is 0 Å². The lowest BCUT2D eigenvalue weighted by molar-refractivity contribution is 0.606. The largest absolute Gasteiger partial charge is 0.207 e. The van der Waals surface area contributed by atoms with Crippen molar-refractivity contribution in [3.05, 3.63) is 34.7 Å². The van der Waals surface area contributed by atoms with E-state index in [2.05, 4.69) is 13.8 Å². The fourth-order valence-corrected chi connectivity index (χ4v) is 1.59. The molecule has 0 aromatic carbocycles. The molecule has 0 saturated heterocycles. The SMILES string of the molecule is C/C=C(F)\C(=C/C1=C(C)C1C)C(C)C. The van der Waals surface area contributed by atoms with Crippen LogP contribution >= 0.6 is 0 Å². The average Bonchev–Trinajstić information content (AvgIpc) is 2.69. The van der Waals surface area contributed by atoms with Crippen molar-refractivity contribution in [1.82, 2.24) is 0 Å². The Balaban J connectivity index is 2.90. The van der Waals surface area contributed by atoms with Gasteiger partial charge in [0.25, 0.3) is 0 Å². The molecule has 0 spiro atoms. The second kappa shape index (κ2) is 4.12. The minimum Gasteiger partial charge on any atom is -0.207 e. The number of hydrogen-bond donors (Lipinski definition) is 0. The zero-order valence-electron chi connectivity index (χ0n) is 9.69. The van der Waals surface area contributed by atoms with Crippen molar-refractivity contribution in [3.8, 4) is 0 Å². The van der Waals surface area contributed by atoms with Crippen molar-refractivity contribution in [3.63, 3.8) is 0 Å². The molecule has 14 heavy (non-hydrogen) atoms. The first-order chi connectivity index (χ1) is 6.49. The van der Waals surface area contributed by atoms with E-state index in [-0.39, 0.29) is 11.7 Å². The van der Waals surface area contributed by atoms with Gasteiger partial charge in [-0.05, 0) is 30.9 Å². The van der Waals surface area contributed by atoms with E-state index in [1.807, 2.05) is 19.9 Å². The van der Waals surface area contributed by atoms with Gasteiger partial charge in [0.05, 0.1) is 0 Å². The molecule has 1 aliphatic carbocycles. The summed E-state index contributed by atoms with van der Waals surface area (Å²) in [6, 6.07) is 0. The van der Waals surface area contributed by atoms with Gasteiger partial charge in [-0.15, -0.1) is 0 Å². The summed E-state index contributed by atoms with van der Waals surface area (Å²) in [5.41, 5.74) is 3.53. The van der Waals surface area contributed by atoms with Crippen molar-refractivity contribution in [1.29, 1.82) is 0 Å². The molecular formula is C13H19F. The maximum atomic E-state index is 13.5.